The van der Waals surface area contributed by atoms with Crippen LogP contribution in [0.5, 0.6) is 0 Å². The van der Waals surface area contributed by atoms with Crippen LogP contribution in [-0.2, 0) is 14.8 Å². The van der Waals surface area contributed by atoms with E-state index in [4.69, 9.17) is 4.74 Å². The molecule has 2 N–H and O–H groups in total. The van der Waals surface area contributed by atoms with Gasteiger partial charge < -0.3 is 10.1 Å². The minimum Gasteiger partial charge on any atom is -0.378 e. The Balaban J connectivity index is 1.60. The number of hydrogen-bond acceptors (Lipinski definition) is 5. The molecule has 0 saturated carbocycles. The van der Waals surface area contributed by atoms with Crippen LogP contribution in [0.15, 0.2) is 71.6 Å². The molecule has 3 aromatic rings. The number of benzene rings is 3. The van der Waals surface area contributed by atoms with Crippen molar-refractivity contribution in [3.63, 3.8) is 0 Å². The highest BCUT2D eigenvalue weighted by Crippen LogP contribution is 2.42. The average molecular weight is 493 g/mol. The number of rotatable bonds is 8. The number of ketones is 1. The standard InChI is InChI=1S/C28H32N2O4S/c1-5-34-27-17-26(20-9-11-21(12-10-20)28(31)18(2)3)29-25-14-13-23(16-24(25)27)35(32,33)30-22-8-6-7-19(4)15-22/h6-16,18,26-27,29-30H,5,17H2,1-4H3. The van der Waals surface area contributed by atoms with Gasteiger partial charge in [0.2, 0.25) is 0 Å². The van der Waals surface area contributed by atoms with E-state index in [0.29, 0.717) is 24.3 Å². The number of anilines is 2. The smallest absolute Gasteiger partial charge is 0.261 e. The maximum atomic E-state index is 13.1. The van der Waals surface area contributed by atoms with E-state index in [-0.39, 0.29) is 28.7 Å². The van der Waals surface area contributed by atoms with Gasteiger partial charge in [-0.05, 0) is 55.3 Å². The Morgan fingerprint density at radius 2 is 1.83 bits per heavy atom. The summed E-state index contributed by atoms with van der Waals surface area (Å²) in [5.41, 5.74) is 4.93. The highest BCUT2D eigenvalue weighted by atomic mass is 32.2. The van der Waals surface area contributed by atoms with Crippen LogP contribution in [0.1, 0.15) is 66.4 Å². The van der Waals surface area contributed by atoms with Crippen LogP contribution in [0, 0.1) is 12.8 Å². The molecule has 2 unspecified atom stereocenters. The Bertz CT molecular complexity index is 1320. The minimum absolute atomic E-state index is 0.0184. The van der Waals surface area contributed by atoms with Crippen LogP contribution in [0.25, 0.3) is 0 Å². The van der Waals surface area contributed by atoms with Crippen LogP contribution < -0.4 is 10.0 Å². The first-order chi connectivity index (χ1) is 16.7. The molecule has 0 fully saturated rings. The lowest BCUT2D eigenvalue weighted by Gasteiger charge is -2.33. The van der Waals surface area contributed by atoms with E-state index in [1.807, 2.05) is 64.1 Å². The maximum Gasteiger partial charge on any atom is 0.261 e. The van der Waals surface area contributed by atoms with E-state index in [0.717, 1.165) is 22.4 Å². The molecule has 0 amide bonds. The van der Waals surface area contributed by atoms with Crippen molar-refractivity contribution in [3.05, 3.63) is 89.0 Å². The lowest BCUT2D eigenvalue weighted by molar-refractivity contribution is 0.0497. The molecule has 2 atom stereocenters. The fourth-order valence-electron chi connectivity index (χ4n) is 4.41. The van der Waals surface area contributed by atoms with Crippen molar-refractivity contribution in [2.75, 3.05) is 16.6 Å². The van der Waals surface area contributed by atoms with E-state index in [1.165, 1.54) is 0 Å². The van der Waals surface area contributed by atoms with Gasteiger partial charge in [-0.2, -0.15) is 0 Å². The van der Waals surface area contributed by atoms with Gasteiger partial charge in [-0.1, -0.05) is 50.2 Å². The van der Waals surface area contributed by atoms with Crippen LogP contribution in [0.2, 0.25) is 0 Å². The van der Waals surface area contributed by atoms with Gasteiger partial charge in [0.05, 0.1) is 17.0 Å². The van der Waals surface area contributed by atoms with Gasteiger partial charge in [0.15, 0.2) is 5.78 Å². The predicted molar refractivity (Wildman–Crippen MR) is 139 cm³/mol. The number of ether oxygens (including phenoxy) is 1. The molecule has 7 heteroatoms. The molecule has 184 valence electrons. The molecule has 0 aromatic heterocycles. The Morgan fingerprint density at radius 1 is 1.09 bits per heavy atom. The Kier molecular flexibility index (Phi) is 7.28. The number of sulfonamides is 1. The number of carbonyl (C=O) groups is 1. The number of carbonyl (C=O) groups excluding carboxylic acids is 1. The molecule has 1 aliphatic heterocycles. The van der Waals surface area contributed by atoms with Gasteiger partial charge >= 0.3 is 0 Å². The van der Waals surface area contributed by atoms with Crippen molar-refractivity contribution in [2.24, 2.45) is 5.92 Å². The molecule has 0 radical (unpaired) electrons. The number of fused-ring (bicyclic) bond motifs is 1. The second kappa shape index (κ2) is 10.2. The molecule has 0 saturated heterocycles. The quantitative estimate of drug-likeness (QED) is 0.362. The van der Waals surface area contributed by atoms with E-state index in [9.17, 15) is 13.2 Å². The Hall–Kier alpha value is -3.16. The zero-order valence-electron chi connectivity index (χ0n) is 20.5. The van der Waals surface area contributed by atoms with E-state index in [2.05, 4.69) is 10.0 Å². The first kappa shape index (κ1) is 24.9. The summed E-state index contributed by atoms with van der Waals surface area (Å²) in [6, 6.07) is 20.1. The largest absolute Gasteiger partial charge is 0.378 e. The zero-order chi connectivity index (χ0) is 25.2. The van der Waals surface area contributed by atoms with Gasteiger partial charge in [-0.3, -0.25) is 9.52 Å². The molecule has 4 rings (SSSR count). The zero-order valence-corrected chi connectivity index (χ0v) is 21.4. The van der Waals surface area contributed by atoms with Crippen LogP contribution >= 0.6 is 0 Å². The highest BCUT2D eigenvalue weighted by molar-refractivity contribution is 7.92. The summed E-state index contributed by atoms with van der Waals surface area (Å²) in [5.74, 6) is 0.0763. The summed E-state index contributed by atoms with van der Waals surface area (Å²) in [4.78, 5) is 12.5. The van der Waals surface area contributed by atoms with Crippen LogP contribution in [-0.4, -0.2) is 20.8 Å². The molecule has 6 nitrogen and oxygen atoms in total. The number of hydrogen-bond donors (Lipinski definition) is 2. The van der Waals surface area contributed by atoms with Crippen LogP contribution in [0.3, 0.4) is 0 Å². The van der Waals surface area contributed by atoms with Crippen molar-refractivity contribution in [1.29, 1.82) is 0 Å². The minimum atomic E-state index is -3.75. The lowest BCUT2D eigenvalue weighted by Crippen LogP contribution is -2.24. The van der Waals surface area contributed by atoms with Crippen LogP contribution in [0.4, 0.5) is 11.4 Å². The van der Waals surface area contributed by atoms with Gasteiger partial charge in [-0.15, -0.1) is 0 Å². The number of nitrogens with one attached hydrogen (secondary N) is 2. The summed E-state index contributed by atoms with van der Waals surface area (Å²) in [6.07, 6.45) is 0.389. The van der Waals surface area contributed by atoms with Gasteiger partial charge in [0.25, 0.3) is 10.0 Å². The molecule has 1 heterocycles. The molecule has 3 aromatic carbocycles. The third-order valence-electron chi connectivity index (χ3n) is 6.22. The van der Waals surface area contributed by atoms with Crippen molar-refractivity contribution < 1.29 is 17.9 Å². The summed E-state index contributed by atoms with van der Waals surface area (Å²) >= 11 is 0. The fourth-order valence-corrected chi connectivity index (χ4v) is 5.49. The number of Topliss-reactive ketones (excluding diaryl/α,β-unsaturated/α-hetero) is 1. The summed E-state index contributed by atoms with van der Waals surface area (Å²) in [6.45, 7) is 8.15. The normalized spacial score (nSPS) is 17.5. The van der Waals surface area contributed by atoms with Crippen molar-refractivity contribution in [1.82, 2.24) is 0 Å². The molecular formula is C28H32N2O4S. The third kappa shape index (κ3) is 5.57. The highest BCUT2D eigenvalue weighted by Gasteiger charge is 2.30. The topological polar surface area (TPSA) is 84.5 Å². The monoisotopic (exact) mass is 492 g/mol. The molecule has 0 spiro atoms. The number of aryl methyl sites for hydroxylation is 1. The first-order valence-corrected chi connectivity index (χ1v) is 13.4. The predicted octanol–water partition coefficient (Wildman–Crippen LogP) is 6.27. The van der Waals surface area contributed by atoms with Gasteiger partial charge in [0, 0.05) is 41.4 Å². The maximum absolute atomic E-state index is 13.1. The molecule has 0 bridgehead atoms. The average Bonchev–Trinajstić information content (AvgIpc) is 2.83. The molecule has 0 aliphatic carbocycles. The molecule has 35 heavy (non-hydrogen) atoms. The van der Waals surface area contributed by atoms with Crippen molar-refractivity contribution >= 4 is 27.2 Å². The molecular weight excluding hydrogens is 460 g/mol. The molecule has 1 aliphatic rings. The Labute approximate surface area is 207 Å². The van der Waals surface area contributed by atoms with E-state index < -0.39 is 10.0 Å². The summed E-state index contributed by atoms with van der Waals surface area (Å²) in [5, 5.41) is 3.53. The van der Waals surface area contributed by atoms with Gasteiger partial charge in [-0.25, -0.2) is 8.42 Å². The Morgan fingerprint density at radius 3 is 2.49 bits per heavy atom. The lowest BCUT2D eigenvalue weighted by atomic mass is 9.90. The summed E-state index contributed by atoms with van der Waals surface area (Å²) in [7, 11) is -3.75. The SMILES string of the molecule is CCOC1CC(c2ccc(C(=O)C(C)C)cc2)Nc2ccc(S(=O)(=O)Nc3cccc(C)c3)cc21. The van der Waals surface area contributed by atoms with Gasteiger partial charge in [0.1, 0.15) is 0 Å². The summed E-state index contributed by atoms with van der Waals surface area (Å²) < 4.78 is 34.9. The second-order valence-corrected chi connectivity index (χ2v) is 10.9. The van der Waals surface area contributed by atoms with E-state index >= 15 is 0 Å². The van der Waals surface area contributed by atoms with E-state index in [1.54, 1.807) is 30.3 Å². The second-order valence-electron chi connectivity index (χ2n) is 9.24. The fraction of sp³-hybridized carbons (Fsp3) is 0.321. The van der Waals surface area contributed by atoms with Crippen molar-refractivity contribution in [2.45, 2.75) is 51.2 Å². The van der Waals surface area contributed by atoms with Crippen molar-refractivity contribution in [3.8, 4) is 0 Å². The third-order valence-corrected chi connectivity index (χ3v) is 7.60. The first-order valence-electron chi connectivity index (χ1n) is 11.9.